The maximum Gasteiger partial charge on any atom is 0.244 e. The maximum atomic E-state index is 12.3. The highest BCUT2D eigenvalue weighted by Crippen LogP contribution is 2.35. The molecule has 0 atom stereocenters. The van der Waals surface area contributed by atoms with Crippen LogP contribution in [0.3, 0.4) is 0 Å². The fourth-order valence-corrected chi connectivity index (χ4v) is 3.23. The molecule has 0 spiro atoms. The van der Waals surface area contributed by atoms with E-state index in [1.165, 1.54) is 11.6 Å². The predicted molar refractivity (Wildman–Crippen MR) is 101 cm³/mol. The van der Waals surface area contributed by atoms with Gasteiger partial charge in [-0.2, -0.15) is 0 Å². The summed E-state index contributed by atoms with van der Waals surface area (Å²) in [6.07, 6.45) is 6.72. The van der Waals surface area contributed by atoms with E-state index in [-0.39, 0.29) is 11.3 Å². The van der Waals surface area contributed by atoms with Crippen molar-refractivity contribution in [2.75, 3.05) is 26.9 Å². The molecule has 0 unspecified atom stereocenters. The summed E-state index contributed by atoms with van der Waals surface area (Å²) in [5.74, 6) is 0.716. The third-order valence-electron chi connectivity index (χ3n) is 4.85. The van der Waals surface area contributed by atoms with Crippen molar-refractivity contribution in [1.29, 1.82) is 0 Å². The van der Waals surface area contributed by atoms with Crippen molar-refractivity contribution < 1.29 is 14.3 Å². The number of nitrogens with zero attached hydrogens (tertiary/aromatic N) is 1. The molecular weight excluding hydrogens is 328 g/mol. The monoisotopic (exact) mass is 352 g/mol. The standard InChI is InChI=1S/C21H24N2O3/c1-25-19-8-5-17(6-9-19)21(11-14-26-15-12-21)16-23-20(24)10-7-18-4-2-3-13-22-18/h2-10,13H,11-12,14-16H2,1H3,(H,23,24)/b10-7+. The van der Waals surface area contributed by atoms with Crippen molar-refractivity contribution in [1.82, 2.24) is 10.3 Å². The van der Waals surface area contributed by atoms with E-state index in [1.807, 2.05) is 30.3 Å². The zero-order valence-corrected chi connectivity index (χ0v) is 15.0. The van der Waals surface area contributed by atoms with E-state index in [2.05, 4.69) is 22.4 Å². The Bertz CT molecular complexity index is 736. The first-order valence-corrected chi connectivity index (χ1v) is 8.81. The molecule has 1 saturated heterocycles. The van der Waals surface area contributed by atoms with Crippen LogP contribution in [0.4, 0.5) is 0 Å². The molecule has 26 heavy (non-hydrogen) atoms. The molecule has 1 N–H and O–H groups in total. The molecule has 5 heteroatoms. The summed E-state index contributed by atoms with van der Waals surface area (Å²) in [6, 6.07) is 13.7. The molecule has 1 aliphatic rings. The topological polar surface area (TPSA) is 60.5 Å². The van der Waals surface area contributed by atoms with Gasteiger partial charge in [0, 0.05) is 37.4 Å². The van der Waals surface area contributed by atoms with E-state index >= 15 is 0 Å². The first kappa shape index (κ1) is 18.1. The van der Waals surface area contributed by atoms with E-state index in [9.17, 15) is 4.79 Å². The first-order valence-electron chi connectivity index (χ1n) is 8.81. The molecular formula is C21H24N2O3. The van der Waals surface area contributed by atoms with Crippen LogP contribution in [0.2, 0.25) is 0 Å². The molecule has 1 amide bonds. The van der Waals surface area contributed by atoms with E-state index in [1.54, 1.807) is 19.4 Å². The van der Waals surface area contributed by atoms with Crippen LogP contribution >= 0.6 is 0 Å². The van der Waals surface area contributed by atoms with Gasteiger partial charge in [0.05, 0.1) is 12.8 Å². The van der Waals surface area contributed by atoms with Gasteiger partial charge >= 0.3 is 0 Å². The minimum absolute atomic E-state index is 0.112. The summed E-state index contributed by atoms with van der Waals surface area (Å²) in [4.78, 5) is 16.4. The number of amides is 1. The number of benzene rings is 1. The van der Waals surface area contributed by atoms with Crippen molar-refractivity contribution in [3.8, 4) is 5.75 Å². The zero-order valence-electron chi connectivity index (χ0n) is 15.0. The van der Waals surface area contributed by atoms with Gasteiger partial charge in [0.1, 0.15) is 5.75 Å². The van der Waals surface area contributed by atoms with Gasteiger partial charge in [-0.05, 0) is 48.7 Å². The lowest BCUT2D eigenvalue weighted by Crippen LogP contribution is -2.44. The third-order valence-corrected chi connectivity index (χ3v) is 4.85. The summed E-state index contributed by atoms with van der Waals surface area (Å²) < 4.78 is 10.8. The number of aromatic nitrogens is 1. The fourth-order valence-electron chi connectivity index (χ4n) is 3.23. The molecule has 1 fully saturated rings. The second kappa shape index (κ2) is 8.63. The average Bonchev–Trinajstić information content (AvgIpc) is 2.72. The van der Waals surface area contributed by atoms with Crippen LogP contribution in [-0.2, 0) is 14.9 Å². The second-order valence-corrected chi connectivity index (χ2v) is 6.43. The van der Waals surface area contributed by atoms with Crippen LogP contribution in [-0.4, -0.2) is 37.8 Å². The van der Waals surface area contributed by atoms with Gasteiger partial charge in [0.2, 0.25) is 5.91 Å². The Kier molecular flexibility index (Phi) is 6.02. The van der Waals surface area contributed by atoms with Crippen molar-refractivity contribution in [3.05, 3.63) is 66.0 Å². The lowest BCUT2D eigenvalue weighted by atomic mass is 9.74. The summed E-state index contributed by atoms with van der Waals surface area (Å²) in [5, 5.41) is 3.05. The third kappa shape index (κ3) is 4.49. The fraction of sp³-hybridized carbons (Fsp3) is 0.333. The van der Waals surface area contributed by atoms with Gasteiger partial charge in [-0.25, -0.2) is 0 Å². The lowest BCUT2D eigenvalue weighted by Gasteiger charge is -2.38. The zero-order chi connectivity index (χ0) is 18.2. The molecule has 5 nitrogen and oxygen atoms in total. The average molecular weight is 352 g/mol. The smallest absolute Gasteiger partial charge is 0.244 e. The summed E-state index contributed by atoms with van der Waals surface area (Å²) in [7, 11) is 1.66. The molecule has 1 aromatic heterocycles. The molecule has 3 rings (SSSR count). The molecule has 1 aliphatic heterocycles. The number of rotatable bonds is 6. The van der Waals surface area contributed by atoms with Crippen molar-refractivity contribution >= 4 is 12.0 Å². The van der Waals surface area contributed by atoms with Gasteiger partial charge in [-0.1, -0.05) is 18.2 Å². The highest BCUT2D eigenvalue weighted by molar-refractivity contribution is 5.91. The number of carbonyl (C=O) groups excluding carboxylic acids is 1. The lowest BCUT2D eigenvalue weighted by molar-refractivity contribution is -0.116. The van der Waals surface area contributed by atoms with E-state index in [4.69, 9.17) is 9.47 Å². The van der Waals surface area contributed by atoms with Crippen LogP contribution < -0.4 is 10.1 Å². The van der Waals surface area contributed by atoms with Gasteiger partial charge in [0.15, 0.2) is 0 Å². The Morgan fingerprint density at radius 2 is 2.00 bits per heavy atom. The summed E-state index contributed by atoms with van der Waals surface area (Å²) in [6.45, 7) is 1.98. The Hall–Kier alpha value is -2.66. The summed E-state index contributed by atoms with van der Waals surface area (Å²) in [5.41, 5.74) is 1.85. The molecule has 0 aliphatic carbocycles. The molecule has 0 radical (unpaired) electrons. The van der Waals surface area contributed by atoms with Crippen LogP contribution in [0.15, 0.2) is 54.7 Å². The van der Waals surface area contributed by atoms with E-state index in [0.717, 1.165) is 24.3 Å². The SMILES string of the molecule is COc1ccc(C2(CNC(=O)/C=C/c3ccccn3)CCOCC2)cc1. The molecule has 1 aromatic carbocycles. The largest absolute Gasteiger partial charge is 0.497 e. The van der Waals surface area contributed by atoms with Gasteiger partial charge < -0.3 is 14.8 Å². The van der Waals surface area contributed by atoms with Crippen LogP contribution in [0.25, 0.3) is 6.08 Å². The minimum Gasteiger partial charge on any atom is -0.497 e. The molecule has 2 aromatic rings. The van der Waals surface area contributed by atoms with Gasteiger partial charge in [-0.15, -0.1) is 0 Å². The number of hydrogen-bond donors (Lipinski definition) is 1. The molecule has 0 bridgehead atoms. The Balaban J connectivity index is 1.68. The first-order chi connectivity index (χ1) is 12.7. The van der Waals surface area contributed by atoms with Gasteiger partial charge in [0.25, 0.3) is 0 Å². The number of hydrogen-bond acceptors (Lipinski definition) is 4. The van der Waals surface area contributed by atoms with Crippen LogP contribution in [0, 0.1) is 0 Å². The van der Waals surface area contributed by atoms with Crippen molar-refractivity contribution in [3.63, 3.8) is 0 Å². The number of methoxy groups -OCH3 is 1. The maximum absolute atomic E-state index is 12.3. The normalized spacial score (nSPS) is 16.3. The predicted octanol–water partition coefficient (Wildman–Crippen LogP) is 2.97. The summed E-state index contributed by atoms with van der Waals surface area (Å²) >= 11 is 0. The van der Waals surface area contributed by atoms with Crippen LogP contribution in [0.5, 0.6) is 5.75 Å². The molecule has 136 valence electrons. The Labute approximate surface area is 154 Å². The minimum atomic E-state index is -0.116. The Morgan fingerprint density at radius 3 is 2.65 bits per heavy atom. The van der Waals surface area contributed by atoms with E-state index < -0.39 is 0 Å². The molecule has 0 saturated carbocycles. The van der Waals surface area contributed by atoms with Gasteiger partial charge in [-0.3, -0.25) is 9.78 Å². The number of carbonyl (C=O) groups is 1. The van der Waals surface area contributed by atoms with E-state index in [0.29, 0.717) is 19.8 Å². The number of pyridine rings is 1. The van der Waals surface area contributed by atoms with Crippen molar-refractivity contribution in [2.24, 2.45) is 0 Å². The second-order valence-electron chi connectivity index (χ2n) is 6.43. The number of nitrogens with one attached hydrogen (secondary N) is 1. The Morgan fingerprint density at radius 1 is 1.23 bits per heavy atom. The number of ether oxygens (including phenoxy) is 2. The van der Waals surface area contributed by atoms with Crippen LogP contribution in [0.1, 0.15) is 24.1 Å². The highest BCUT2D eigenvalue weighted by Gasteiger charge is 2.34. The molecule has 2 heterocycles. The van der Waals surface area contributed by atoms with Crippen molar-refractivity contribution in [2.45, 2.75) is 18.3 Å². The highest BCUT2D eigenvalue weighted by atomic mass is 16.5. The quantitative estimate of drug-likeness (QED) is 0.812.